The number of rotatable bonds is 7. The van der Waals surface area contributed by atoms with Crippen molar-refractivity contribution in [1.82, 2.24) is 29.7 Å². The van der Waals surface area contributed by atoms with Crippen LogP contribution < -0.4 is 11.1 Å². The highest BCUT2D eigenvalue weighted by Gasteiger charge is 2.12. The number of nitrogen functional groups attached to an aromatic ring is 1. The van der Waals surface area contributed by atoms with Crippen molar-refractivity contribution < 1.29 is 0 Å². The van der Waals surface area contributed by atoms with Crippen LogP contribution >= 0.6 is 23.1 Å². The molecule has 10 heteroatoms. The van der Waals surface area contributed by atoms with Crippen LogP contribution in [0.4, 0.5) is 17.6 Å². The zero-order valence-corrected chi connectivity index (χ0v) is 17.7. The van der Waals surface area contributed by atoms with Crippen molar-refractivity contribution in [3.8, 4) is 0 Å². The van der Waals surface area contributed by atoms with Gasteiger partial charge in [-0.1, -0.05) is 35.5 Å². The van der Waals surface area contributed by atoms with Gasteiger partial charge in [-0.3, -0.25) is 0 Å². The zero-order chi connectivity index (χ0) is 20.2. The predicted molar refractivity (Wildman–Crippen MR) is 116 cm³/mol. The second kappa shape index (κ2) is 8.58. The van der Waals surface area contributed by atoms with Crippen LogP contribution in [0.3, 0.4) is 0 Å². The Morgan fingerprint density at radius 1 is 1.10 bits per heavy atom. The molecule has 8 nitrogen and oxygen atoms in total. The molecule has 148 valence electrons. The molecule has 3 aromatic heterocycles. The van der Waals surface area contributed by atoms with E-state index in [0.29, 0.717) is 17.5 Å². The topological polar surface area (TPSA) is 107 Å². The molecule has 0 aliphatic rings. The third-order valence-electron chi connectivity index (χ3n) is 4.17. The lowest BCUT2D eigenvalue weighted by Crippen LogP contribution is -2.07. The number of nitrogens with one attached hydrogen (secondary N) is 1. The maximum absolute atomic E-state index is 5.87. The number of aromatic nitrogens is 6. The first-order chi connectivity index (χ1) is 14.1. The van der Waals surface area contributed by atoms with Crippen LogP contribution in [-0.4, -0.2) is 29.7 Å². The number of nitrogens with zero attached hydrogens (tertiary/aromatic N) is 6. The first kappa shape index (κ1) is 19.3. The highest BCUT2D eigenvalue weighted by molar-refractivity contribution is 7.98. The fourth-order valence-corrected chi connectivity index (χ4v) is 4.13. The Morgan fingerprint density at radius 3 is 2.69 bits per heavy atom. The van der Waals surface area contributed by atoms with Gasteiger partial charge in [-0.2, -0.15) is 15.0 Å². The van der Waals surface area contributed by atoms with Crippen molar-refractivity contribution in [1.29, 1.82) is 0 Å². The van der Waals surface area contributed by atoms with E-state index < -0.39 is 0 Å². The van der Waals surface area contributed by atoms with Gasteiger partial charge in [0.2, 0.25) is 11.9 Å². The molecule has 4 aromatic rings. The molecule has 0 bridgehead atoms. The first-order valence-corrected chi connectivity index (χ1v) is 10.8. The van der Waals surface area contributed by atoms with Crippen LogP contribution in [0.15, 0.2) is 46.9 Å². The number of aryl methyl sites for hydroxylation is 1. The third kappa shape index (κ3) is 4.90. The molecule has 4 rings (SSSR count). The molecule has 0 spiro atoms. The number of anilines is 3. The summed E-state index contributed by atoms with van der Waals surface area (Å²) in [5, 5.41) is 14.6. The Kier molecular flexibility index (Phi) is 5.72. The summed E-state index contributed by atoms with van der Waals surface area (Å²) >= 11 is 3.23. The molecule has 0 amide bonds. The molecule has 0 aliphatic heterocycles. The quantitative estimate of drug-likeness (QED) is 0.434. The lowest BCUT2D eigenvalue weighted by Gasteiger charge is -2.07. The van der Waals surface area contributed by atoms with E-state index in [-0.39, 0.29) is 5.95 Å². The number of benzene rings is 1. The van der Waals surface area contributed by atoms with E-state index >= 15 is 0 Å². The zero-order valence-electron chi connectivity index (χ0n) is 16.0. The smallest absolute Gasteiger partial charge is 0.232 e. The number of thioether (sulfide) groups is 1. The van der Waals surface area contributed by atoms with E-state index in [1.165, 1.54) is 22.2 Å². The van der Waals surface area contributed by atoms with Gasteiger partial charge in [0.15, 0.2) is 5.16 Å². The molecule has 0 aliphatic carbocycles. The van der Waals surface area contributed by atoms with Crippen molar-refractivity contribution in [2.45, 2.75) is 24.3 Å². The van der Waals surface area contributed by atoms with E-state index in [1.807, 2.05) is 48.9 Å². The average molecular weight is 425 g/mol. The van der Waals surface area contributed by atoms with E-state index in [1.54, 1.807) is 11.3 Å². The highest BCUT2D eigenvalue weighted by Crippen LogP contribution is 2.22. The molecule has 0 fully saturated rings. The summed E-state index contributed by atoms with van der Waals surface area (Å²) in [6, 6.07) is 12.1. The van der Waals surface area contributed by atoms with Gasteiger partial charge in [-0.05, 0) is 30.5 Å². The minimum Gasteiger partial charge on any atom is -0.368 e. The van der Waals surface area contributed by atoms with Crippen LogP contribution in [0.5, 0.6) is 0 Å². The minimum atomic E-state index is 0.182. The molecule has 0 unspecified atom stereocenters. The molecule has 3 N–H and O–H groups in total. The molecular formula is C19H20N8S2. The van der Waals surface area contributed by atoms with Gasteiger partial charge >= 0.3 is 0 Å². The number of nitrogens with two attached hydrogens (primary N) is 1. The van der Waals surface area contributed by atoms with Gasteiger partial charge in [-0.15, -0.1) is 21.5 Å². The lowest BCUT2D eigenvalue weighted by atomic mass is 10.2. The minimum absolute atomic E-state index is 0.182. The van der Waals surface area contributed by atoms with Crippen molar-refractivity contribution in [3.63, 3.8) is 0 Å². The summed E-state index contributed by atoms with van der Waals surface area (Å²) in [5.41, 5.74) is 7.95. The summed E-state index contributed by atoms with van der Waals surface area (Å²) in [6.07, 6.45) is 0.769. The molecule has 0 saturated carbocycles. The summed E-state index contributed by atoms with van der Waals surface area (Å²) in [7, 11) is 1.97. The van der Waals surface area contributed by atoms with E-state index in [2.05, 4.69) is 41.9 Å². The molecule has 0 saturated heterocycles. The Bertz CT molecular complexity index is 1090. The Labute approximate surface area is 176 Å². The van der Waals surface area contributed by atoms with E-state index in [9.17, 15) is 0 Å². The largest absolute Gasteiger partial charge is 0.368 e. The number of hydrogen-bond acceptors (Lipinski definition) is 9. The Morgan fingerprint density at radius 2 is 1.93 bits per heavy atom. The van der Waals surface area contributed by atoms with E-state index in [0.717, 1.165) is 23.1 Å². The summed E-state index contributed by atoms with van der Waals surface area (Å²) in [6.45, 7) is 2.04. The lowest BCUT2D eigenvalue weighted by molar-refractivity contribution is 0.750. The fourth-order valence-electron chi connectivity index (χ4n) is 2.65. The molecule has 0 atom stereocenters. The van der Waals surface area contributed by atoms with Gasteiger partial charge in [-0.25, -0.2) is 0 Å². The Hall–Kier alpha value is -2.98. The van der Waals surface area contributed by atoms with Gasteiger partial charge in [0.05, 0.1) is 5.75 Å². The second-order valence-electron chi connectivity index (χ2n) is 6.43. The molecule has 1 aromatic carbocycles. The van der Waals surface area contributed by atoms with Crippen LogP contribution in [0, 0.1) is 6.92 Å². The molecule has 3 heterocycles. The van der Waals surface area contributed by atoms with Crippen LogP contribution in [-0.2, 0) is 19.2 Å². The summed E-state index contributed by atoms with van der Waals surface area (Å²) in [4.78, 5) is 14.1. The molecule has 29 heavy (non-hydrogen) atoms. The van der Waals surface area contributed by atoms with Crippen molar-refractivity contribution in [2.75, 3.05) is 11.1 Å². The average Bonchev–Trinajstić information content (AvgIpc) is 3.33. The maximum Gasteiger partial charge on any atom is 0.232 e. The van der Waals surface area contributed by atoms with Crippen molar-refractivity contribution in [3.05, 3.63) is 63.9 Å². The van der Waals surface area contributed by atoms with Crippen molar-refractivity contribution in [2.24, 2.45) is 7.05 Å². The SMILES string of the molecule is Cc1ccc(Nc2nc(N)nc(CSc3nnc(Cc4cccs4)n3C)n2)cc1. The fraction of sp³-hybridized carbons (Fsp3) is 0.211. The second-order valence-corrected chi connectivity index (χ2v) is 8.40. The maximum atomic E-state index is 5.87. The summed E-state index contributed by atoms with van der Waals surface area (Å²) < 4.78 is 2.00. The molecular weight excluding hydrogens is 404 g/mol. The number of thiophene rings is 1. The summed E-state index contributed by atoms with van der Waals surface area (Å²) in [5.74, 6) is 2.63. The van der Waals surface area contributed by atoms with Crippen LogP contribution in [0.25, 0.3) is 0 Å². The van der Waals surface area contributed by atoms with Crippen LogP contribution in [0.2, 0.25) is 0 Å². The standard InChI is InChI=1S/C19H20N8S2/c1-12-5-7-13(8-6-12)21-18-23-15(22-17(20)24-18)11-29-19-26-25-16(27(19)2)10-14-4-3-9-28-14/h3-9H,10-11H2,1-2H3,(H3,20,21,22,23,24). The normalized spacial score (nSPS) is 11.0. The Balaban J connectivity index is 1.44. The first-order valence-electron chi connectivity index (χ1n) is 8.94. The van der Waals surface area contributed by atoms with Gasteiger partial charge in [0, 0.05) is 24.0 Å². The third-order valence-corrected chi connectivity index (χ3v) is 6.07. The van der Waals surface area contributed by atoms with Crippen molar-refractivity contribution >= 4 is 40.7 Å². The van der Waals surface area contributed by atoms with Crippen LogP contribution in [0.1, 0.15) is 22.1 Å². The number of hydrogen-bond donors (Lipinski definition) is 2. The monoisotopic (exact) mass is 424 g/mol. The van der Waals surface area contributed by atoms with E-state index in [4.69, 9.17) is 5.73 Å². The van der Waals surface area contributed by atoms with Gasteiger partial charge in [0.1, 0.15) is 11.6 Å². The molecule has 0 radical (unpaired) electrons. The van der Waals surface area contributed by atoms with Gasteiger partial charge < -0.3 is 15.6 Å². The highest BCUT2D eigenvalue weighted by atomic mass is 32.2. The van der Waals surface area contributed by atoms with Gasteiger partial charge in [0.25, 0.3) is 0 Å². The predicted octanol–water partition coefficient (Wildman–Crippen LogP) is 3.58.